The lowest BCUT2D eigenvalue weighted by atomic mass is 9.86. The Hall–Kier alpha value is -4.40. The summed E-state index contributed by atoms with van der Waals surface area (Å²) < 4.78 is 29.5. The molecule has 0 atom stereocenters. The number of aromatic nitrogens is 2. The van der Waals surface area contributed by atoms with Crippen molar-refractivity contribution in [3.8, 4) is 0 Å². The number of thioether (sulfide) groups is 2. The van der Waals surface area contributed by atoms with E-state index in [1.165, 1.54) is 46.8 Å². The minimum Gasteiger partial charge on any atom is -0.285 e. The molecule has 48 heavy (non-hydrogen) atoms. The maximum absolute atomic E-state index is 14.8. The van der Waals surface area contributed by atoms with Gasteiger partial charge in [0.1, 0.15) is 33.3 Å². The van der Waals surface area contributed by atoms with Gasteiger partial charge in [0.25, 0.3) is 0 Å². The first-order chi connectivity index (χ1) is 22.9. The van der Waals surface area contributed by atoms with E-state index in [0.717, 1.165) is 64.4 Å². The first kappa shape index (κ1) is 30.9. The maximum Gasteiger partial charge on any atom is 0.145 e. The van der Waals surface area contributed by atoms with Crippen LogP contribution in [0.5, 0.6) is 0 Å². The van der Waals surface area contributed by atoms with Crippen LogP contribution >= 0.6 is 23.5 Å². The Bertz CT molecular complexity index is 2160. The number of benzene rings is 4. The second kappa shape index (κ2) is 11.1. The van der Waals surface area contributed by atoms with Crippen molar-refractivity contribution in [3.63, 3.8) is 0 Å². The molecule has 8 rings (SSSR count). The van der Waals surface area contributed by atoms with Crippen LogP contribution in [-0.2, 0) is 10.8 Å². The Morgan fingerprint density at radius 2 is 0.938 bits per heavy atom. The summed E-state index contributed by atoms with van der Waals surface area (Å²) in [6.07, 6.45) is 3.67. The fourth-order valence-electron chi connectivity index (χ4n) is 6.34. The summed E-state index contributed by atoms with van der Waals surface area (Å²) in [5.41, 5.74) is 4.12. The van der Waals surface area contributed by atoms with Crippen LogP contribution < -0.4 is 9.80 Å². The molecule has 4 aromatic carbocycles. The molecule has 8 heteroatoms. The van der Waals surface area contributed by atoms with E-state index < -0.39 is 0 Å². The molecule has 0 saturated carbocycles. The third-order valence-corrected chi connectivity index (χ3v) is 11.3. The normalized spacial score (nSPS) is 16.2. The van der Waals surface area contributed by atoms with Gasteiger partial charge in [-0.3, -0.25) is 9.80 Å². The molecule has 0 amide bonds. The lowest BCUT2D eigenvalue weighted by Crippen LogP contribution is -2.20. The lowest BCUT2D eigenvalue weighted by molar-refractivity contribution is 0.591. The number of pyridine rings is 2. The van der Waals surface area contributed by atoms with Crippen LogP contribution in [0.15, 0.2) is 117 Å². The van der Waals surface area contributed by atoms with Crippen molar-refractivity contribution in [2.75, 3.05) is 9.80 Å². The number of rotatable bonds is 2. The van der Waals surface area contributed by atoms with Crippen molar-refractivity contribution < 1.29 is 8.78 Å². The quantitative estimate of drug-likeness (QED) is 0.182. The van der Waals surface area contributed by atoms with Crippen molar-refractivity contribution in [2.24, 2.45) is 0 Å². The Morgan fingerprint density at radius 1 is 0.521 bits per heavy atom. The van der Waals surface area contributed by atoms with E-state index in [4.69, 9.17) is 9.97 Å². The summed E-state index contributed by atoms with van der Waals surface area (Å²) in [7, 11) is 0. The summed E-state index contributed by atoms with van der Waals surface area (Å²) in [6, 6.07) is 26.9. The second-order valence-corrected chi connectivity index (χ2v) is 16.4. The first-order valence-electron chi connectivity index (χ1n) is 15.9. The first-order valence-corrected chi connectivity index (χ1v) is 17.6. The molecule has 0 bridgehead atoms. The number of anilines is 4. The van der Waals surface area contributed by atoms with Gasteiger partial charge in [-0.15, -0.1) is 0 Å². The molecule has 0 saturated heterocycles. The third kappa shape index (κ3) is 5.13. The molecular weight excluding hydrogens is 639 g/mol. The highest BCUT2D eigenvalue weighted by Gasteiger charge is 2.39. The average Bonchev–Trinajstić information content (AvgIpc) is 3.60. The zero-order valence-electron chi connectivity index (χ0n) is 27.6. The van der Waals surface area contributed by atoms with E-state index in [1.807, 2.05) is 36.7 Å². The van der Waals surface area contributed by atoms with Crippen LogP contribution in [0.4, 0.5) is 31.8 Å². The molecule has 6 aromatic rings. The van der Waals surface area contributed by atoms with Gasteiger partial charge in [-0.1, -0.05) is 101 Å². The smallest absolute Gasteiger partial charge is 0.145 e. The SMILES string of the molecule is CC(C)(C)c1ccc2c(N3/C(=C4\Sc5cc(F)ccc5N4c4nccc5cc(C(C)(C)C)ccc45)Sc4cc(F)ccc43)nccc2c1. The highest BCUT2D eigenvalue weighted by Crippen LogP contribution is 2.59. The van der Waals surface area contributed by atoms with Gasteiger partial charge in [0.2, 0.25) is 0 Å². The van der Waals surface area contributed by atoms with Crippen molar-refractivity contribution in [2.45, 2.75) is 62.2 Å². The molecule has 0 radical (unpaired) electrons. The Labute approximate surface area is 287 Å². The molecule has 0 N–H and O–H groups in total. The predicted octanol–water partition coefficient (Wildman–Crippen LogP) is 12.0. The fourth-order valence-corrected chi connectivity index (χ4v) is 8.79. The summed E-state index contributed by atoms with van der Waals surface area (Å²) in [5.74, 6) is 0.882. The molecule has 0 fully saturated rings. The van der Waals surface area contributed by atoms with Gasteiger partial charge >= 0.3 is 0 Å². The standard InChI is InChI=1S/C40H34F2N4S2/c1-39(2,3)25-7-11-29-23(19-25)15-17-43-35(29)45-31-13-9-27(41)21-33(31)47-37(45)38-46(32-14-10-28(42)22-34(32)48-38)36-30-12-8-26(40(4,5)6)20-24(30)16-18-44-36/h7-22H,1-6H3/b38-37+. The molecule has 240 valence electrons. The summed E-state index contributed by atoms with van der Waals surface area (Å²) in [5, 5.41) is 5.81. The van der Waals surface area contributed by atoms with Gasteiger partial charge in [-0.05, 0) is 81.3 Å². The maximum atomic E-state index is 14.8. The van der Waals surface area contributed by atoms with E-state index in [9.17, 15) is 8.78 Å². The third-order valence-electron chi connectivity index (χ3n) is 8.97. The summed E-state index contributed by atoms with van der Waals surface area (Å²) in [6.45, 7) is 13.2. The van der Waals surface area contributed by atoms with Gasteiger partial charge in [0.15, 0.2) is 0 Å². The van der Waals surface area contributed by atoms with Gasteiger partial charge in [-0.2, -0.15) is 0 Å². The van der Waals surface area contributed by atoms with E-state index >= 15 is 0 Å². The van der Waals surface area contributed by atoms with Crippen LogP contribution in [-0.4, -0.2) is 9.97 Å². The largest absolute Gasteiger partial charge is 0.285 e. The van der Waals surface area contributed by atoms with E-state index in [1.54, 1.807) is 12.1 Å². The Kier molecular flexibility index (Phi) is 7.13. The highest BCUT2D eigenvalue weighted by molar-refractivity contribution is 8.07. The number of hydrogen-bond donors (Lipinski definition) is 0. The molecular formula is C40H34F2N4S2. The summed E-state index contributed by atoms with van der Waals surface area (Å²) >= 11 is 2.98. The average molecular weight is 673 g/mol. The molecule has 0 aliphatic carbocycles. The zero-order valence-corrected chi connectivity index (χ0v) is 29.2. The van der Waals surface area contributed by atoms with Crippen LogP contribution in [0.25, 0.3) is 21.5 Å². The number of nitrogens with zero attached hydrogens (tertiary/aromatic N) is 4. The van der Waals surface area contributed by atoms with Gasteiger partial charge in [0, 0.05) is 33.0 Å². The number of hydrogen-bond acceptors (Lipinski definition) is 6. The number of halogens is 2. The summed E-state index contributed by atoms with van der Waals surface area (Å²) in [4.78, 5) is 15.7. The van der Waals surface area contributed by atoms with Crippen molar-refractivity contribution in [3.05, 3.63) is 130 Å². The topological polar surface area (TPSA) is 32.3 Å². The molecule has 2 aliphatic heterocycles. The van der Waals surface area contributed by atoms with Crippen molar-refractivity contribution in [1.29, 1.82) is 0 Å². The Morgan fingerprint density at radius 3 is 1.33 bits per heavy atom. The molecule has 0 unspecified atom stereocenters. The molecule has 2 aromatic heterocycles. The molecule has 4 nitrogen and oxygen atoms in total. The van der Waals surface area contributed by atoms with E-state index in [0.29, 0.717) is 0 Å². The Balaban J connectivity index is 1.39. The minimum atomic E-state index is -0.306. The van der Waals surface area contributed by atoms with Gasteiger partial charge in [-0.25, -0.2) is 18.7 Å². The number of fused-ring (bicyclic) bond motifs is 4. The van der Waals surface area contributed by atoms with Gasteiger partial charge < -0.3 is 0 Å². The predicted molar refractivity (Wildman–Crippen MR) is 197 cm³/mol. The van der Waals surface area contributed by atoms with E-state index in [2.05, 4.69) is 87.7 Å². The highest BCUT2D eigenvalue weighted by atomic mass is 32.2. The van der Waals surface area contributed by atoms with Crippen LogP contribution in [0, 0.1) is 11.6 Å². The monoisotopic (exact) mass is 672 g/mol. The van der Waals surface area contributed by atoms with Crippen LogP contribution in [0.2, 0.25) is 0 Å². The van der Waals surface area contributed by atoms with Gasteiger partial charge in [0.05, 0.1) is 11.4 Å². The van der Waals surface area contributed by atoms with Crippen LogP contribution in [0.1, 0.15) is 52.7 Å². The van der Waals surface area contributed by atoms with Crippen LogP contribution in [0.3, 0.4) is 0 Å². The van der Waals surface area contributed by atoms with Crippen molar-refractivity contribution >= 4 is 68.1 Å². The molecule has 0 spiro atoms. The second-order valence-electron chi connectivity index (χ2n) is 14.4. The zero-order chi connectivity index (χ0) is 33.5. The molecule has 4 heterocycles. The van der Waals surface area contributed by atoms with E-state index in [-0.39, 0.29) is 22.5 Å². The lowest BCUT2D eigenvalue weighted by Gasteiger charge is -2.27. The van der Waals surface area contributed by atoms with Crippen molar-refractivity contribution in [1.82, 2.24) is 9.97 Å². The molecule has 2 aliphatic rings. The minimum absolute atomic E-state index is 0.0144. The fraction of sp³-hybridized carbons (Fsp3) is 0.200.